The SMILES string of the molecule is C=Cc1ccsn1.C=Cc1ncccn1. The van der Waals surface area contributed by atoms with Gasteiger partial charge < -0.3 is 0 Å². The van der Waals surface area contributed by atoms with Gasteiger partial charge in [0, 0.05) is 17.8 Å². The Kier molecular flexibility index (Phi) is 4.97. The Hall–Kier alpha value is -1.81. The zero-order chi connectivity index (χ0) is 10.9. The van der Waals surface area contributed by atoms with E-state index >= 15 is 0 Å². The van der Waals surface area contributed by atoms with Crippen LogP contribution in [0.1, 0.15) is 11.5 Å². The molecule has 76 valence electrons. The van der Waals surface area contributed by atoms with Gasteiger partial charge in [0.05, 0.1) is 5.69 Å². The second kappa shape index (κ2) is 6.62. The Morgan fingerprint density at radius 1 is 1.13 bits per heavy atom. The Balaban J connectivity index is 0.000000151. The van der Waals surface area contributed by atoms with Gasteiger partial charge in [0.1, 0.15) is 0 Å². The van der Waals surface area contributed by atoms with Gasteiger partial charge in [-0.05, 0) is 35.8 Å². The fraction of sp³-hybridized carbons (Fsp3) is 0. The highest BCUT2D eigenvalue weighted by Crippen LogP contribution is 1.98. The van der Waals surface area contributed by atoms with Gasteiger partial charge in [-0.25, -0.2) is 9.97 Å². The number of hydrogen-bond donors (Lipinski definition) is 0. The van der Waals surface area contributed by atoms with Crippen LogP contribution in [0.25, 0.3) is 12.2 Å². The zero-order valence-corrected chi connectivity index (χ0v) is 9.02. The molecule has 0 saturated heterocycles. The van der Waals surface area contributed by atoms with Gasteiger partial charge in [0.25, 0.3) is 0 Å². The highest BCUT2D eigenvalue weighted by molar-refractivity contribution is 7.03. The number of nitrogens with zero attached hydrogens (tertiary/aromatic N) is 3. The number of rotatable bonds is 2. The minimum Gasteiger partial charge on any atom is -0.237 e. The Morgan fingerprint density at radius 2 is 1.87 bits per heavy atom. The van der Waals surface area contributed by atoms with Gasteiger partial charge in [-0.2, -0.15) is 4.37 Å². The molecule has 0 saturated carbocycles. The fourth-order valence-corrected chi connectivity index (χ4v) is 1.26. The molecule has 0 fully saturated rings. The summed E-state index contributed by atoms with van der Waals surface area (Å²) in [5.74, 6) is 0.674. The third kappa shape index (κ3) is 4.28. The molecule has 0 aromatic carbocycles. The first-order valence-electron chi connectivity index (χ1n) is 4.29. The van der Waals surface area contributed by atoms with Crippen molar-refractivity contribution in [3.05, 3.63) is 54.6 Å². The van der Waals surface area contributed by atoms with Crippen LogP contribution in [0.4, 0.5) is 0 Å². The maximum atomic E-state index is 3.96. The smallest absolute Gasteiger partial charge is 0.151 e. The summed E-state index contributed by atoms with van der Waals surface area (Å²) in [6.45, 7) is 7.05. The molecule has 0 N–H and O–H groups in total. The summed E-state index contributed by atoms with van der Waals surface area (Å²) in [6, 6.07) is 3.70. The van der Waals surface area contributed by atoms with Crippen molar-refractivity contribution in [1.29, 1.82) is 0 Å². The molecule has 2 rings (SSSR count). The second-order valence-corrected chi connectivity index (χ2v) is 3.11. The van der Waals surface area contributed by atoms with Crippen molar-refractivity contribution in [3.63, 3.8) is 0 Å². The van der Waals surface area contributed by atoms with Crippen LogP contribution in [0.15, 0.2) is 43.1 Å². The summed E-state index contributed by atoms with van der Waals surface area (Å²) in [5.41, 5.74) is 0.963. The lowest BCUT2D eigenvalue weighted by Crippen LogP contribution is -1.80. The van der Waals surface area contributed by atoms with Crippen LogP contribution in [-0.2, 0) is 0 Å². The average molecular weight is 217 g/mol. The average Bonchev–Trinajstić information content (AvgIpc) is 2.84. The fourth-order valence-electron chi connectivity index (χ4n) is 0.743. The highest BCUT2D eigenvalue weighted by atomic mass is 32.1. The van der Waals surface area contributed by atoms with Gasteiger partial charge in [-0.15, -0.1) is 0 Å². The lowest BCUT2D eigenvalue weighted by Gasteiger charge is -1.83. The van der Waals surface area contributed by atoms with E-state index in [1.807, 2.05) is 11.4 Å². The van der Waals surface area contributed by atoms with Crippen LogP contribution in [0.3, 0.4) is 0 Å². The first-order chi connectivity index (χ1) is 7.36. The lowest BCUT2D eigenvalue weighted by atomic mass is 10.4. The second-order valence-electron chi connectivity index (χ2n) is 2.44. The van der Waals surface area contributed by atoms with E-state index in [2.05, 4.69) is 27.5 Å². The van der Waals surface area contributed by atoms with E-state index in [4.69, 9.17) is 0 Å². The third-order valence-corrected chi connectivity index (χ3v) is 2.01. The highest BCUT2D eigenvalue weighted by Gasteiger charge is 1.80. The van der Waals surface area contributed by atoms with Gasteiger partial charge >= 0.3 is 0 Å². The van der Waals surface area contributed by atoms with Crippen molar-refractivity contribution >= 4 is 23.7 Å². The molecule has 4 heteroatoms. The van der Waals surface area contributed by atoms with Crippen molar-refractivity contribution in [2.24, 2.45) is 0 Å². The standard InChI is InChI=1S/C6H6N2.C5H5NS/c1-2-6-7-4-3-5-8-6;1-2-5-3-4-7-6-5/h2-5H,1H2;2-4H,1H2. The van der Waals surface area contributed by atoms with Crippen LogP contribution in [0.2, 0.25) is 0 Å². The molecule has 0 amide bonds. The van der Waals surface area contributed by atoms with E-state index in [0.717, 1.165) is 5.69 Å². The largest absolute Gasteiger partial charge is 0.237 e. The van der Waals surface area contributed by atoms with Crippen molar-refractivity contribution in [3.8, 4) is 0 Å². The molecule has 2 aromatic heterocycles. The molecule has 3 nitrogen and oxygen atoms in total. The molecular weight excluding hydrogens is 206 g/mol. The van der Waals surface area contributed by atoms with Crippen LogP contribution in [0, 0.1) is 0 Å². The molecule has 0 aliphatic heterocycles. The zero-order valence-electron chi connectivity index (χ0n) is 8.21. The summed E-state index contributed by atoms with van der Waals surface area (Å²) in [5, 5.41) is 1.93. The normalized spacial score (nSPS) is 8.53. The molecule has 0 atom stereocenters. The number of hydrogen-bond acceptors (Lipinski definition) is 4. The first kappa shape index (κ1) is 11.3. The van der Waals surface area contributed by atoms with Gasteiger partial charge in [-0.3, -0.25) is 0 Å². The van der Waals surface area contributed by atoms with E-state index in [0.29, 0.717) is 5.82 Å². The monoisotopic (exact) mass is 217 g/mol. The predicted molar refractivity (Wildman–Crippen MR) is 64.3 cm³/mol. The Labute approximate surface area is 93.0 Å². The van der Waals surface area contributed by atoms with Gasteiger partial charge in [0.15, 0.2) is 5.82 Å². The van der Waals surface area contributed by atoms with E-state index < -0.39 is 0 Å². The minimum absolute atomic E-state index is 0.674. The third-order valence-electron chi connectivity index (χ3n) is 1.44. The van der Waals surface area contributed by atoms with Gasteiger partial charge in [0.2, 0.25) is 0 Å². The predicted octanol–water partition coefficient (Wildman–Crippen LogP) is 2.91. The summed E-state index contributed by atoms with van der Waals surface area (Å²) in [4.78, 5) is 7.74. The first-order valence-corrected chi connectivity index (χ1v) is 5.12. The number of aromatic nitrogens is 3. The molecule has 0 unspecified atom stereocenters. The lowest BCUT2D eigenvalue weighted by molar-refractivity contribution is 1.14. The molecule has 0 aliphatic rings. The molecule has 0 aliphatic carbocycles. The summed E-state index contributed by atoms with van der Waals surface area (Å²) in [6.07, 6.45) is 6.71. The molecule has 0 bridgehead atoms. The molecular formula is C11H11N3S. The van der Waals surface area contributed by atoms with Crippen molar-refractivity contribution in [2.45, 2.75) is 0 Å². The van der Waals surface area contributed by atoms with E-state index in [1.165, 1.54) is 11.5 Å². The van der Waals surface area contributed by atoms with Crippen molar-refractivity contribution in [2.75, 3.05) is 0 Å². The topological polar surface area (TPSA) is 38.7 Å². The maximum absolute atomic E-state index is 3.96. The summed E-state index contributed by atoms with van der Waals surface area (Å²) in [7, 11) is 0. The Bertz CT molecular complexity index is 395. The van der Waals surface area contributed by atoms with E-state index in [9.17, 15) is 0 Å². The van der Waals surface area contributed by atoms with Crippen LogP contribution >= 0.6 is 11.5 Å². The maximum Gasteiger partial charge on any atom is 0.151 e. The quantitative estimate of drug-likeness (QED) is 0.776. The van der Waals surface area contributed by atoms with Crippen LogP contribution in [0.5, 0.6) is 0 Å². The van der Waals surface area contributed by atoms with Crippen molar-refractivity contribution in [1.82, 2.24) is 14.3 Å². The minimum atomic E-state index is 0.674. The van der Waals surface area contributed by atoms with Crippen molar-refractivity contribution < 1.29 is 0 Å². The van der Waals surface area contributed by atoms with E-state index in [-0.39, 0.29) is 0 Å². The molecule has 0 spiro atoms. The van der Waals surface area contributed by atoms with Crippen LogP contribution < -0.4 is 0 Å². The Morgan fingerprint density at radius 3 is 2.20 bits per heavy atom. The van der Waals surface area contributed by atoms with E-state index in [1.54, 1.807) is 30.6 Å². The molecule has 15 heavy (non-hydrogen) atoms. The van der Waals surface area contributed by atoms with Gasteiger partial charge in [-0.1, -0.05) is 13.2 Å². The molecule has 2 aromatic rings. The summed E-state index contributed by atoms with van der Waals surface area (Å²) < 4.78 is 3.96. The van der Waals surface area contributed by atoms with Crippen LogP contribution in [-0.4, -0.2) is 14.3 Å². The molecule has 2 heterocycles. The molecule has 0 radical (unpaired) electrons. The summed E-state index contributed by atoms with van der Waals surface area (Å²) >= 11 is 1.44.